The minimum atomic E-state index is 0.166. The molecule has 0 saturated carbocycles. The molecule has 0 radical (unpaired) electrons. The highest BCUT2D eigenvalue weighted by atomic mass is 32.2. The number of rotatable bonds is 5. The maximum absolute atomic E-state index is 8.93. The first-order chi connectivity index (χ1) is 7.80. The second-order valence-corrected chi connectivity index (χ2v) is 5.21. The third-order valence-corrected chi connectivity index (χ3v) is 4.02. The van der Waals surface area contributed by atoms with Crippen molar-refractivity contribution in [3.05, 3.63) is 29.8 Å². The molecule has 2 nitrogen and oxygen atoms in total. The molecule has 1 aliphatic heterocycles. The Labute approximate surface area is 101 Å². The van der Waals surface area contributed by atoms with Gasteiger partial charge >= 0.3 is 0 Å². The highest BCUT2D eigenvalue weighted by Gasteiger charge is 2.39. The number of hydrogen-bond acceptors (Lipinski definition) is 3. The van der Waals surface area contributed by atoms with Crippen LogP contribution in [0.25, 0.3) is 0 Å². The number of thioether (sulfide) groups is 1. The van der Waals surface area contributed by atoms with Crippen molar-refractivity contribution in [3.8, 4) is 0 Å². The van der Waals surface area contributed by atoms with E-state index >= 15 is 0 Å². The minimum absolute atomic E-state index is 0.166. The first-order valence-electron chi connectivity index (χ1n) is 5.64. The van der Waals surface area contributed by atoms with Gasteiger partial charge in [0.2, 0.25) is 0 Å². The van der Waals surface area contributed by atoms with E-state index in [9.17, 15) is 0 Å². The molecule has 3 heteroatoms. The molecule has 0 amide bonds. The summed E-state index contributed by atoms with van der Waals surface area (Å²) in [4.78, 5) is 1.29. The van der Waals surface area contributed by atoms with Crippen LogP contribution < -0.4 is 0 Å². The largest absolute Gasteiger partial charge is 0.396 e. The monoisotopic (exact) mass is 238 g/mol. The predicted octanol–water partition coefficient (Wildman–Crippen LogP) is 2.45. The highest BCUT2D eigenvalue weighted by Crippen LogP contribution is 2.37. The van der Waals surface area contributed by atoms with Gasteiger partial charge < -0.3 is 9.84 Å². The summed E-state index contributed by atoms with van der Waals surface area (Å²) in [5.74, 6) is 0. The second-order valence-electron chi connectivity index (χ2n) is 4.33. The molecule has 1 N–H and O–H groups in total. The van der Waals surface area contributed by atoms with E-state index in [-0.39, 0.29) is 12.0 Å². The number of aliphatic hydroxyl groups excluding tert-OH is 1. The molecule has 0 bridgehead atoms. The molecule has 1 aromatic rings. The lowest BCUT2D eigenvalue weighted by molar-refractivity contribution is -0.0665. The molecule has 0 aliphatic carbocycles. The van der Waals surface area contributed by atoms with Crippen molar-refractivity contribution < 1.29 is 9.84 Å². The highest BCUT2D eigenvalue weighted by molar-refractivity contribution is 7.98. The zero-order valence-electron chi connectivity index (χ0n) is 9.61. The number of aliphatic hydroxyl groups is 1. The molecule has 0 atom stereocenters. The normalized spacial score (nSPS) is 18.1. The molecule has 1 saturated heterocycles. The third kappa shape index (κ3) is 2.26. The van der Waals surface area contributed by atoms with Gasteiger partial charge in [-0.25, -0.2) is 0 Å². The molecule has 1 aromatic carbocycles. The Morgan fingerprint density at radius 2 is 2.00 bits per heavy atom. The average molecular weight is 238 g/mol. The summed E-state index contributed by atoms with van der Waals surface area (Å²) < 4.78 is 5.36. The Morgan fingerprint density at radius 3 is 2.44 bits per heavy atom. The summed E-state index contributed by atoms with van der Waals surface area (Å²) in [6, 6.07) is 8.73. The Bertz CT molecular complexity index is 330. The molecule has 1 fully saturated rings. The molecule has 0 spiro atoms. The molecule has 1 aliphatic rings. The molecule has 0 unspecified atom stereocenters. The SMILES string of the molecule is CSc1ccc(C2(CCCO)COC2)cc1. The fourth-order valence-corrected chi connectivity index (χ4v) is 2.57. The standard InChI is InChI=1S/C13H18O2S/c1-16-12-5-3-11(4-6-12)13(7-2-8-14)9-15-10-13/h3-6,14H,2,7-10H2,1H3. The van der Waals surface area contributed by atoms with Gasteiger partial charge in [-0.05, 0) is 36.8 Å². The van der Waals surface area contributed by atoms with E-state index in [4.69, 9.17) is 9.84 Å². The van der Waals surface area contributed by atoms with E-state index in [2.05, 4.69) is 30.5 Å². The molecule has 1 heterocycles. The van der Waals surface area contributed by atoms with E-state index in [0.717, 1.165) is 26.1 Å². The topological polar surface area (TPSA) is 29.5 Å². The number of hydrogen-bond donors (Lipinski definition) is 1. The van der Waals surface area contributed by atoms with Crippen LogP contribution in [0.5, 0.6) is 0 Å². The van der Waals surface area contributed by atoms with Crippen molar-refractivity contribution in [2.45, 2.75) is 23.2 Å². The van der Waals surface area contributed by atoms with Gasteiger partial charge in [0.1, 0.15) is 0 Å². The van der Waals surface area contributed by atoms with E-state index in [1.807, 2.05) is 0 Å². The minimum Gasteiger partial charge on any atom is -0.396 e. The molecular formula is C13H18O2S. The van der Waals surface area contributed by atoms with E-state index < -0.39 is 0 Å². The van der Waals surface area contributed by atoms with Gasteiger partial charge in [0, 0.05) is 16.9 Å². The number of benzene rings is 1. The van der Waals surface area contributed by atoms with Crippen LogP contribution in [0.4, 0.5) is 0 Å². The number of ether oxygens (including phenoxy) is 1. The van der Waals surface area contributed by atoms with Crippen LogP contribution in [0.1, 0.15) is 18.4 Å². The van der Waals surface area contributed by atoms with E-state index in [1.54, 1.807) is 11.8 Å². The van der Waals surface area contributed by atoms with Crippen LogP contribution in [-0.4, -0.2) is 31.2 Å². The summed E-state index contributed by atoms with van der Waals surface area (Å²) >= 11 is 1.76. The zero-order chi connectivity index (χ0) is 11.4. The predicted molar refractivity (Wildman–Crippen MR) is 67.0 cm³/mol. The van der Waals surface area contributed by atoms with Crippen molar-refractivity contribution in [3.63, 3.8) is 0 Å². The Balaban J connectivity index is 2.13. The Hall–Kier alpha value is -0.510. The van der Waals surface area contributed by atoms with Crippen LogP contribution in [0.2, 0.25) is 0 Å². The fraction of sp³-hybridized carbons (Fsp3) is 0.538. The maximum atomic E-state index is 8.93. The Morgan fingerprint density at radius 1 is 1.31 bits per heavy atom. The summed E-state index contributed by atoms with van der Waals surface area (Å²) in [6.45, 7) is 1.86. The maximum Gasteiger partial charge on any atom is 0.0585 e. The lowest BCUT2D eigenvalue weighted by atomic mass is 9.75. The van der Waals surface area contributed by atoms with Crippen LogP contribution >= 0.6 is 11.8 Å². The van der Waals surface area contributed by atoms with Crippen molar-refractivity contribution in [2.24, 2.45) is 0 Å². The quantitative estimate of drug-likeness (QED) is 0.799. The molecule has 0 aromatic heterocycles. The van der Waals surface area contributed by atoms with Crippen LogP contribution in [0, 0.1) is 0 Å². The van der Waals surface area contributed by atoms with Gasteiger partial charge in [-0.15, -0.1) is 11.8 Å². The van der Waals surface area contributed by atoms with Gasteiger partial charge in [-0.2, -0.15) is 0 Å². The first kappa shape index (κ1) is 12.0. The summed E-state index contributed by atoms with van der Waals surface area (Å²) in [5.41, 5.74) is 1.52. The van der Waals surface area contributed by atoms with Crippen LogP contribution in [0.3, 0.4) is 0 Å². The molecular weight excluding hydrogens is 220 g/mol. The van der Waals surface area contributed by atoms with Crippen LogP contribution in [-0.2, 0) is 10.2 Å². The van der Waals surface area contributed by atoms with Crippen LogP contribution in [0.15, 0.2) is 29.2 Å². The smallest absolute Gasteiger partial charge is 0.0585 e. The molecule has 16 heavy (non-hydrogen) atoms. The lowest BCUT2D eigenvalue weighted by Gasteiger charge is -2.42. The van der Waals surface area contributed by atoms with Crippen molar-refractivity contribution in [1.29, 1.82) is 0 Å². The first-order valence-corrected chi connectivity index (χ1v) is 6.86. The second kappa shape index (κ2) is 5.21. The third-order valence-electron chi connectivity index (χ3n) is 3.27. The van der Waals surface area contributed by atoms with E-state index in [1.165, 1.54) is 10.5 Å². The molecule has 2 rings (SSSR count). The zero-order valence-corrected chi connectivity index (χ0v) is 10.4. The van der Waals surface area contributed by atoms with Gasteiger partial charge in [0.05, 0.1) is 13.2 Å². The summed E-state index contributed by atoms with van der Waals surface area (Å²) in [7, 11) is 0. The van der Waals surface area contributed by atoms with Gasteiger partial charge in [-0.3, -0.25) is 0 Å². The van der Waals surface area contributed by atoms with Gasteiger partial charge in [0.25, 0.3) is 0 Å². The van der Waals surface area contributed by atoms with Crippen molar-refractivity contribution in [1.82, 2.24) is 0 Å². The molecule has 88 valence electrons. The fourth-order valence-electron chi connectivity index (χ4n) is 2.17. The average Bonchev–Trinajstić information content (AvgIpc) is 2.29. The van der Waals surface area contributed by atoms with Crippen molar-refractivity contribution >= 4 is 11.8 Å². The van der Waals surface area contributed by atoms with E-state index in [0.29, 0.717) is 0 Å². The van der Waals surface area contributed by atoms with Gasteiger partial charge in [-0.1, -0.05) is 12.1 Å². The summed E-state index contributed by atoms with van der Waals surface area (Å²) in [6.07, 6.45) is 3.96. The Kier molecular flexibility index (Phi) is 3.90. The van der Waals surface area contributed by atoms with Crippen molar-refractivity contribution in [2.75, 3.05) is 26.1 Å². The van der Waals surface area contributed by atoms with Gasteiger partial charge in [0.15, 0.2) is 0 Å². The summed E-state index contributed by atoms with van der Waals surface area (Å²) in [5, 5.41) is 8.93. The lowest BCUT2D eigenvalue weighted by Crippen LogP contribution is -2.46.